The fraction of sp³-hybridized carbons (Fsp3) is 0.870. The number of carbonyl (C=O) groups is 3. The van der Waals surface area contributed by atoms with Gasteiger partial charge in [-0.1, -0.05) is 40.0 Å². The molecule has 0 spiro atoms. The van der Waals surface area contributed by atoms with Crippen LogP contribution in [0.5, 0.6) is 0 Å². The predicted octanol–water partition coefficient (Wildman–Crippen LogP) is 2.89. The Balaban J connectivity index is 1.42. The van der Waals surface area contributed by atoms with E-state index in [1.165, 1.54) is 19.3 Å². The number of rotatable bonds is 3. The zero-order valence-electron chi connectivity index (χ0n) is 19.0. The van der Waals surface area contributed by atoms with Crippen LogP contribution in [0.15, 0.2) is 0 Å². The molecule has 0 bridgehead atoms. The Labute approximate surface area is 181 Å². The number of carbonyl (C=O) groups excluding carboxylic acids is 3. The predicted molar refractivity (Wildman–Crippen MR) is 117 cm³/mol. The Morgan fingerprint density at radius 2 is 1.33 bits per heavy atom. The number of nitrogens with zero attached hydrogens (tertiary/aromatic N) is 2. The highest BCUT2D eigenvalue weighted by atomic mass is 16.2. The van der Waals surface area contributed by atoms with E-state index in [2.05, 4.69) is 10.6 Å². The average molecular weight is 421 g/mol. The van der Waals surface area contributed by atoms with E-state index in [1.54, 1.807) is 0 Å². The van der Waals surface area contributed by atoms with Crippen LogP contribution < -0.4 is 10.6 Å². The number of likely N-dealkylation sites (tertiary alicyclic amines) is 2. The second-order valence-electron chi connectivity index (χ2n) is 10.4. The molecule has 170 valence electrons. The van der Waals surface area contributed by atoms with Crippen LogP contribution in [0.3, 0.4) is 0 Å². The molecule has 1 aliphatic carbocycles. The lowest BCUT2D eigenvalue weighted by atomic mass is 9.90. The molecule has 1 atom stereocenters. The van der Waals surface area contributed by atoms with E-state index >= 15 is 0 Å². The molecule has 3 fully saturated rings. The van der Waals surface area contributed by atoms with E-state index in [4.69, 9.17) is 0 Å². The second kappa shape index (κ2) is 10.0. The molecule has 30 heavy (non-hydrogen) atoms. The van der Waals surface area contributed by atoms with Gasteiger partial charge in [0.15, 0.2) is 0 Å². The summed E-state index contributed by atoms with van der Waals surface area (Å²) < 4.78 is 0. The monoisotopic (exact) mass is 420 g/mol. The summed E-state index contributed by atoms with van der Waals surface area (Å²) in [7, 11) is 0. The van der Waals surface area contributed by atoms with Gasteiger partial charge in [0.2, 0.25) is 11.8 Å². The Bertz CT molecular complexity index is 616. The third-order valence-electron chi connectivity index (χ3n) is 6.78. The van der Waals surface area contributed by atoms with Crippen molar-refractivity contribution < 1.29 is 14.4 Å². The molecule has 0 aromatic rings. The molecule has 1 saturated carbocycles. The van der Waals surface area contributed by atoms with Crippen LogP contribution >= 0.6 is 0 Å². The van der Waals surface area contributed by atoms with E-state index in [1.807, 2.05) is 30.6 Å². The molecular weight excluding hydrogens is 380 g/mol. The van der Waals surface area contributed by atoms with E-state index < -0.39 is 5.41 Å². The highest BCUT2D eigenvalue weighted by Gasteiger charge is 2.36. The Morgan fingerprint density at radius 1 is 0.733 bits per heavy atom. The molecule has 7 heteroatoms. The maximum atomic E-state index is 13.1. The van der Waals surface area contributed by atoms with Gasteiger partial charge in [-0.05, 0) is 38.5 Å². The first kappa shape index (κ1) is 22.9. The summed E-state index contributed by atoms with van der Waals surface area (Å²) in [5.41, 5.74) is -0.410. The number of nitrogens with one attached hydrogen (secondary N) is 2. The van der Waals surface area contributed by atoms with Gasteiger partial charge in [0, 0.05) is 43.7 Å². The topological polar surface area (TPSA) is 81.8 Å². The van der Waals surface area contributed by atoms with Crippen LogP contribution in [0.1, 0.15) is 78.6 Å². The highest BCUT2D eigenvalue weighted by molar-refractivity contribution is 5.84. The van der Waals surface area contributed by atoms with E-state index in [9.17, 15) is 14.4 Å². The minimum absolute atomic E-state index is 0.0599. The number of amides is 4. The quantitative estimate of drug-likeness (QED) is 0.737. The van der Waals surface area contributed by atoms with Crippen molar-refractivity contribution in [1.29, 1.82) is 0 Å². The van der Waals surface area contributed by atoms with Crippen molar-refractivity contribution in [3.8, 4) is 0 Å². The van der Waals surface area contributed by atoms with Gasteiger partial charge in [0.1, 0.15) is 0 Å². The molecule has 0 aromatic heterocycles. The van der Waals surface area contributed by atoms with Crippen LogP contribution in [0.2, 0.25) is 0 Å². The molecule has 2 saturated heterocycles. The van der Waals surface area contributed by atoms with Gasteiger partial charge < -0.3 is 20.4 Å². The maximum Gasteiger partial charge on any atom is 0.315 e. The summed E-state index contributed by atoms with van der Waals surface area (Å²) in [5, 5.41) is 6.21. The molecule has 4 amide bonds. The minimum atomic E-state index is -0.410. The number of piperidine rings is 2. The summed E-state index contributed by atoms with van der Waals surface area (Å²) in [4.78, 5) is 41.7. The highest BCUT2D eigenvalue weighted by Crippen LogP contribution is 2.25. The van der Waals surface area contributed by atoms with Crippen molar-refractivity contribution in [2.75, 3.05) is 26.2 Å². The standard InChI is InChI=1S/C23H40N4O3/c1-23(2,3)21(29)27-13-7-8-17(16-27)20(28)26-14-11-19(12-15-26)25-22(30)24-18-9-5-4-6-10-18/h17-19H,4-16H2,1-3H3,(H2,24,25,30). The molecule has 2 N–H and O–H groups in total. The van der Waals surface area contributed by atoms with Crippen molar-refractivity contribution in [3.63, 3.8) is 0 Å². The zero-order valence-corrected chi connectivity index (χ0v) is 19.0. The van der Waals surface area contributed by atoms with Crippen LogP contribution in [0, 0.1) is 11.3 Å². The van der Waals surface area contributed by atoms with Gasteiger partial charge in [0.25, 0.3) is 0 Å². The van der Waals surface area contributed by atoms with Crippen molar-refractivity contribution >= 4 is 17.8 Å². The van der Waals surface area contributed by atoms with Crippen LogP contribution in [0.25, 0.3) is 0 Å². The van der Waals surface area contributed by atoms with Crippen molar-refractivity contribution in [2.24, 2.45) is 11.3 Å². The van der Waals surface area contributed by atoms with E-state index in [0.717, 1.165) is 45.1 Å². The number of hydrogen-bond acceptors (Lipinski definition) is 3. The number of urea groups is 1. The molecule has 1 unspecified atom stereocenters. The first-order chi connectivity index (χ1) is 14.2. The van der Waals surface area contributed by atoms with Crippen LogP contribution in [-0.4, -0.2) is 65.9 Å². The van der Waals surface area contributed by atoms with Crippen molar-refractivity contribution in [3.05, 3.63) is 0 Å². The lowest BCUT2D eigenvalue weighted by Crippen LogP contribution is -2.53. The normalized spacial score (nSPS) is 24.4. The Hall–Kier alpha value is -1.79. The van der Waals surface area contributed by atoms with E-state index in [0.29, 0.717) is 25.7 Å². The summed E-state index contributed by atoms with van der Waals surface area (Å²) in [5.74, 6) is 0.211. The van der Waals surface area contributed by atoms with Crippen LogP contribution in [0.4, 0.5) is 4.79 Å². The third kappa shape index (κ3) is 6.11. The van der Waals surface area contributed by atoms with Crippen molar-refractivity contribution in [2.45, 2.75) is 90.6 Å². The summed E-state index contributed by atoms with van der Waals surface area (Å²) in [6.45, 7) is 8.45. The van der Waals surface area contributed by atoms with Gasteiger partial charge in [-0.2, -0.15) is 0 Å². The number of hydrogen-bond donors (Lipinski definition) is 2. The van der Waals surface area contributed by atoms with Gasteiger partial charge in [-0.3, -0.25) is 9.59 Å². The van der Waals surface area contributed by atoms with Gasteiger partial charge in [-0.25, -0.2) is 4.79 Å². The van der Waals surface area contributed by atoms with Gasteiger partial charge >= 0.3 is 6.03 Å². The smallest absolute Gasteiger partial charge is 0.315 e. The maximum absolute atomic E-state index is 13.1. The summed E-state index contributed by atoms with van der Waals surface area (Å²) in [6, 6.07) is 0.378. The first-order valence-electron chi connectivity index (χ1n) is 11.9. The fourth-order valence-electron chi connectivity index (χ4n) is 5.00. The lowest BCUT2D eigenvalue weighted by Gasteiger charge is -2.39. The van der Waals surface area contributed by atoms with Crippen LogP contribution in [-0.2, 0) is 9.59 Å². The average Bonchev–Trinajstić information content (AvgIpc) is 2.73. The Morgan fingerprint density at radius 3 is 1.93 bits per heavy atom. The Kier molecular flexibility index (Phi) is 7.64. The van der Waals surface area contributed by atoms with E-state index in [-0.39, 0.29) is 29.8 Å². The zero-order chi connectivity index (χ0) is 21.7. The van der Waals surface area contributed by atoms with Gasteiger partial charge in [-0.15, -0.1) is 0 Å². The fourth-order valence-corrected chi connectivity index (χ4v) is 5.00. The van der Waals surface area contributed by atoms with Crippen molar-refractivity contribution in [1.82, 2.24) is 20.4 Å². The summed E-state index contributed by atoms with van der Waals surface area (Å²) in [6.07, 6.45) is 9.16. The molecule has 7 nitrogen and oxygen atoms in total. The molecule has 2 aliphatic heterocycles. The minimum Gasteiger partial charge on any atom is -0.342 e. The van der Waals surface area contributed by atoms with Gasteiger partial charge in [0.05, 0.1) is 5.92 Å². The summed E-state index contributed by atoms with van der Waals surface area (Å²) >= 11 is 0. The molecule has 2 heterocycles. The molecule has 3 aliphatic rings. The second-order valence-corrected chi connectivity index (χ2v) is 10.4. The third-order valence-corrected chi connectivity index (χ3v) is 6.78. The molecule has 3 rings (SSSR count). The molecule has 0 aromatic carbocycles. The molecular formula is C23H40N4O3. The first-order valence-corrected chi connectivity index (χ1v) is 11.9. The lowest BCUT2D eigenvalue weighted by molar-refractivity contribution is -0.145. The SMILES string of the molecule is CC(C)(C)C(=O)N1CCCC(C(=O)N2CCC(NC(=O)NC3CCCCC3)CC2)C1. The largest absolute Gasteiger partial charge is 0.342 e. The molecule has 0 radical (unpaired) electrons.